The minimum absolute atomic E-state index is 0.297. The number of fused-ring (bicyclic) bond motifs is 1. The van der Waals surface area contributed by atoms with Crippen LogP contribution in [0.4, 0.5) is 11.6 Å². The lowest BCUT2D eigenvalue weighted by Gasteiger charge is -2.45. The molecule has 162 valence electrons. The highest BCUT2D eigenvalue weighted by atomic mass is 15.3. The third kappa shape index (κ3) is 4.63. The molecule has 2 aromatic heterocycles. The first kappa shape index (κ1) is 21.1. The summed E-state index contributed by atoms with van der Waals surface area (Å²) in [6.07, 6.45) is 6.09. The summed E-state index contributed by atoms with van der Waals surface area (Å²) in [4.78, 5) is 9.19. The SMILES string of the molecule is C=C(C)NCC1(C)CC(Nc2ncc3c(-c4ccc(N=C(C)C)c(C)c4)ccn3n2)C1. The van der Waals surface area contributed by atoms with Crippen molar-refractivity contribution in [2.24, 2.45) is 10.4 Å². The molecule has 4 rings (SSSR count). The second kappa shape index (κ2) is 8.17. The van der Waals surface area contributed by atoms with Gasteiger partial charge in [0.1, 0.15) is 0 Å². The molecule has 2 N–H and O–H groups in total. The Morgan fingerprint density at radius 3 is 2.71 bits per heavy atom. The zero-order chi connectivity index (χ0) is 22.2. The van der Waals surface area contributed by atoms with Crippen molar-refractivity contribution in [1.29, 1.82) is 0 Å². The standard InChI is InChI=1S/C25H32N6/c1-16(2)27-15-25(6)12-20(13-25)29-24-26-14-23-21(9-10-31(23)30-24)19-7-8-22(18(5)11-19)28-17(3)4/h7-11,14,20,27H,1,12-13,15H2,2-6H3,(H,29,30). The Hall–Kier alpha value is -3.15. The van der Waals surface area contributed by atoms with Crippen molar-refractivity contribution in [2.75, 3.05) is 11.9 Å². The van der Waals surface area contributed by atoms with Gasteiger partial charge in [-0.2, -0.15) is 0 Å². The van der Waals surface area contributed by atoms with Gasteiger partial charge in [0.05, 0.1) is 17.4 Å². The van der Waals surface area contributed by atoms with E-state index in [1.54, 1.807) is 0 Å². The molecule has 6 heteroatoms. The minimum Gasteiger partial charge on any atom is -0.388 e. The van der Waals surface area contributed by atoms with Crippen LogP contribution in [0.3, 0.4) is 0 Å². The van der Waals surface area contributed by atoms with Gasteiger partial charge in [-0.1, -0.05) is 19.6 Å². The topological polar surface area (TPSA) is 66.6 Å². The Kier molecular flexibility index (Phi) is 5.56. The van der Waals surface area contributed by atoms with Crippen molar-refractivity contribution >= 4 is 22.9 Å². The molecule has 2 heterocycles. The lowest BCUT2D eigenvalue weighted by molar-refractivity contribution is 0.141. The highest BCUT2D eigenvalue weighted by Gasteiger charge is 2.40. The highest BCUT2D eigenvalue weighted by molar-refractivity contribution is 5.84. The van der Waals surface area contributed by atoms with Crippen molar-refractivity contribution in [2.45, 2.75) is 53.5 Å². The quantitative estimate of drug-likeness (QED) is 0.498. The van der Waals surface area contributed by atoms with E-state index in [2.05, 4.69) is 70.4 Å². The molecule has 1 aromatic carbocycles. The largest absolute Gasteiger partial charge is 0.388 e. The van der Waals surface area contributed by atoms with Gasteiger partial charge in [-0.3, -0.25) is 4.99 Å². The Bertz CT molecular complexity index is 1150. The van der Waals surface area contributed by atoms with E-state index in [1.165, 1.54) is 0 Å². The van der Waals surface area contributed by atoms with E-state index < -0.39 is 0 Å². The van der Waals surface area contributed by atoms with Crippen molar-refractivity contribution in [3.8, 4) is 11.1 Å². The third-order valence-electron chi connectivity index (χ3n) is 5.90. The predicted octanol–water partition coefficient (Wildman–Crippen LogP) is 5.52. The first-order valence-electron chi connectivity index (χ1n) is 10.9. The van der Waals surface area contributed by atoms with Crippen molar-refractivity contribution < 1.29 is 0 Å². The van der Waals surface area contributed by atoms with E-state index in [1.807, 2.05) is 37.7 Å². The second-order valence-corrected chi connectivity index (χ2v) is 9.40. The number of aryl methyl sites for hydroxylation is 1. The summed E-state index contributed by atoms with van der Waals surface area (Å²) < 4.78 is 1.91. The Labute approximate surface area is 184 Å². The molecule has 0 saturated heterocycles. The average Bonchev–Trinajstić information content (AvgIpc) is 3.10. The molecule has 1 fully saturated rings. The highest BCUT2D eigenvalue weighted by Crippen LogP contribution is 2.41. The summed E-state index contributed by atoms with van der Waals surface area (Å²) in [6.45, 7) is 15.3. The number of hydrogen-bond donors (Lipinski definition) is 2. The molecule has 6 nitrogen and oxygen atoms in total. The van der Waals surface area contributed by atoms with Crippen LogP contribution in [0, 0.1) is 12.3 Å². The number of nitrogens with one attached hydrogen (secondary N) is 2. The molecule has 0 amide bonds. The van der Waals surface area contributed by atoms with E-state index in [4.69, 9.17) is 0 Å². The van der Waals surface area contributed by atoms with Gasteiger partial charge in [-0.15, -0.1) is 5.10 Å². The third-order valence-corrected chi connectivity index (χ3v) is 5.90. The molecule has 0 unspecified atom stereocenters. The zero-order valence-electron chi connectivity index (χ0n) is 19.2. The van der Waals surface area contributed by atoms with Crippen molar-refractivity contribution in [3.05, 3.63) is 54.5 Å². The van der Waals surface area contributed by atoms with E-state index >= 15 is 0 Å². The molecule has 1 aliphatic rings. The number of aromatic nitrogens is 3. The molecule has 0 bridgehead atoms. The van der Waals surface area contributed by atoms with Gasteiger partial charge in [-0.05, 0) is 75.3 Å². The van der Waals surface area contributed by atoms with Gasteiger partial charge >= 0.3 is 0 Å². The molecular formula is C25H32N6. The van der Waals surface area contributed by atoms with E-state index in [0.717, 1.165) is 58.7 Å². The summed E-state index contributed by atoms with van der Waals surface area (Å²) in [7, 11) is 0. The number of nitrogens with zero attached hydrogens (tertiary/aromatic N) is 4. The first-order chi connectivity index (χ1) is 14.7. The molecule has 1 saturated carbocycles. The fraction of sp³-hybridized carbons (Fsp3) is 0.400. The molecule has 1 aliphatic carbocycles. The second-order valence-electron chi connectivity index (χ2n) is 9.40. The molecule has 0 atom stereocenters. The lowest BCUT2D eigenvalue weighted by atomic mass is 9.67. The van der Waals surface area contributed by atoms with Crippen LogP contribution in [0.25, 0.3) is 16.6 Å². The summed E-state index contributed by atoms with van der Waals surface area (Å²) in [5.41, 5.74) is 7.82. The van der Waals surface area contributed by atoms with Crippen molar-refractivity contribution in [3.63, 3.8) is 0 Å². The van der Waals surface area contributed by atoms with Gasteiger partial charge < -0.3 is 10.6 Å². The molecule has 0 spiro atoms. The summed E-state index contributed by atoms with van der Waals surface area (Å²) >= 11 is 0. The first-order valence-corrected chi connectivity index (χ1v) is 10.9. The van der Waals surface area contributed by atoms with Crippen LogP contribution in [0.15, 0.2) is 53.9 Å². The number of aliphatic imine (C=N–C) groups is 1. The number of allylic oxidation sites excluding steroid dienone is 1. The van der Waals surface area contributed by atoms with Crippen LogP contribution >= 0.6 is 0 Å². The Morgan fingerprint density at radius 1 is 1.26 bits per heavy atom. The van der Waals surface area contributed by atoms with Crippen LogP contribution in [-0.4, -0.2) is 32.9 Å². The van der Waals surface area contributed by atoms with Crippen molar-refractivity contribution in [1.82, 2.24) is 19.9 Å². The Morgan fingerprint density at radius 2 is 2.03 bits per heavy atom. The molecule has 3 aromatic rings. The zero-order valence-corrected chi connectivity index (χ0v) is 19.2. The Balaban J connectivity index is 1.47. The molecular weight excluding hydrogens is 384 g/mol. The summed E-state index contributed by atoms with van der Waals surface area (Å²) in [5.74, 6) is 0.675. The van der Waals surface area contributed by atoms with Gasteiger partial charge in [0, 0.05) is 35.8 Å². The molecule has 0 aliphatic heterocycles. The maximum absolute atomic E-state index is 4.69. The summed E-state index contributed by atoms with van der Waals surface area (Å²) in [5, 5.41) is 11.5. The van der Waals surface area contributed by atoms with Crippen LogP contribution in [0.5, 0.6) is 0 Å². The van der Waals surface area contributed by atoms with Crippen LogP contribution < -0.4 is 10.6 Å². The van der Waals surface area contributed by atoms with Crippen LogP contribution in [-0.2, 0) is 0 Å². The van der Waals surface area contributed by atoms with Gasteiger partial charge in [0.15, 0.2) is 0 Å². The smallest absolute Gasteiger partial charge is 0.241 e. The minimum atomic E-state index is 0.297. The molecule has 0 radical (unpaired) electrons. The number of benzene rings is 1. The normalized spacial score (nSPS) is 20.2. The maximum Gasteiger partial charge on any atom is 0.241 e. The van der Waals surface area contributed by atoms with Crippen LogP contribution in [0.2, 0.25) is 0 Å². The number of hydrogen-bond acceptors (Lipinski definition) is 5. The maximum atomic E-state index is 4.69. The van der Waals surface area contributed by atoms with Gasteiger partial charge in [0.25, 0.3) is 0 Å². The average molecular weight is 417 g/mol. The van der Waals surface area contributed by atoms with E-state index in [-0.39, 0.29) is 0 Å². The fourth-order valence-electron chi connectivity index (χ4n) is 4.32. The van der Waals surface area contributed by atoms with Crippen LogP contribution in [0.1, 0.15) is 46.1 Å². The predicted molar refractivity (Wildman–Crippen MR) is 129 cm³/mol. The number of anilines is 1. The number of rotatable bonds is 7. The lowest BCUT2D eigenvalue weighted by Crippen LogP contribution is -2.48. The summed E-state index contributed by atoms with van der Waals surface area (Å²) in [6, 6.07) is 8.87. The monoisotopic (exact) mass is 416 g/mol. The fourth-order valence-corrected chi connectivity index (χ4v) is 4.32. The van der Waals surface area contributed by atoms with E-state index in [9.17, 15) is 0 Å². The molecule has 31 heavy (non-hydrogen) atoms. The van der Waals surface area contributed by atoms with Gasteiger partial charge in [-0.25, -0.2) is 9.50 Å². The van der Waals surface area contributed by atoms with Gasteiger partial charge in [0.2, 0.25) is 5.95 Å². The van der Waals surface area contributed by atoms with E-state index in [0.29, 0.717) is 17.4 Å².